The zero-order valence-electron chi connectivity index (χ0n) is 17.4. The molecule has 5 rings (SSSR count). The van der Waals surface area contributed by atoms with E-state index >= 15 is 0 Å². The molecule has 0 bridgehead atoms. The molecule has 0 radical (unpaired) electrons. The monoisotopic (exact) mass is 464 g/mol. The summed E-state index contributed by atoms with van der Waals surface area (Å²) in [6.07, 6.45) is 2.76. The van der Waals surface area contributed by atoms with Gasteiger partial charge >= 0.3 is 0 Å². The summed E-state index contributed by atoms with van der Waals surface area (Å²) in [5.74, 6) is -0.0957. The second kappa shape index (κ2) is 8.21. The number of hydrogen-bond donors (Lipinski definition) is 2. The van der Waals surface area contributed by atoms with E-state index in [4.69, 9.17) is 4.42 Å². The predicted molar refractivity (Wildman–Crippen MR) is 122 cm³/mol. The number of amidine groups is 1. The Hall–Kier alpha value is -3.92. The van der Waals surface area contributed by atoms with Crippen LogP contribution in [-0.2, 0) is 14.8 Å². The molecule has 10 heteroatoms. The van der Waals surface area contributed by atoms with E-state index < -0.39 is 16.1 Å². The molecule has 0 spiro atoms. The minimum Gasteiger partial charge on any atom is -0.459 e. The Bertz CT molecular complexity index is 1350. The summed E-state index contributed by atoms with van der Waals surface area (Å²) in [5, 5.41) is 5.59. The molecule has 168 valence electrons. The van der Waals surface area contributed by atoms with Crippen LogP contribution in [0.2, 0.25) is 0 Å². The van der Waals surface area contributed by atoms with Crippen molar-refractivity contribution in [3.63, 3.8) is 0 Å². The lowest BCUT2D eigenvalue weighted by Crippen LogP contribution is -2.43. The second-order valence-electron chi connectivity index (χ2n) is 7.74. The molecule has 2 aliphatic heterocycles. The summed E-state index contributed by atoms with van der Waals surface area (Å²) in [5.41, 5.74) is 1.64. The molecule has 1 saturated heterocycles. The average Bonchev–Trinajstić information content (AvgIpc) is 3.55. The van der Waals surface area contributed by atoms with Gasteiger partial charge in [0.2, 0.25) is 5.91 Å². The molecule has 3 aromatic rings. The van der Waals surface area contributed by atoms with Crippen molar-refractivity contribution in [2.75, 3.05) is 17.2 Å². The van der Waals surface area contributed by atoms with Gasteiger partial charge in [0.25, 0.3) is 15.9 Å². The topological polar surface area (TPSA) is 121 Å². The van der Waals surface area contributed by atoms with Gasteiger partial charge in [-0.15, -0.1) is 4.40 Å². The number of benzene rings is 2. The van der Waals surface area contributed by atoms with Crippen molar-refractivity contribution in [1.82, 2.24) is 4.90 Å². The number of carbonyl (C=O) groups is 2. The number of nitrogens with one attached hydrogen (secondary N) is 2. The van der Waals surface area contributed by atoms with Crippen molar-refractivity contribution in [2.45, 2.75) is 23.8 Å². The number of carbonyl (C=O) groups excluding carboxylic acids is 2. The zero-order chi connectivity index (χ0) is 23.0. The van der Waals surface area contributed by atoms with Crippen molar-refractivity contribution in [1.29, 1.82) is 0 Å². The van der Waals surface area contributed by atoms with E-state index in [2.05, 4.69) is 15.0 Å². The Labute approximate surface area is 190 Å². The average molecular weight is 465 g/mol. The lowest BCUT2D eigenvalue weighted by molar-refractivity contribution is -0.119. The molecule has 9 nitrogen and oxygen atoms in total. The highest BCUT2D eigenvalue weighted by Crippen LogP contribution is 2.31. The van der Waals surface area contributed by atoms with E-state index in [1.54, 1.807) is 59.5 Å². The van der Waals surface area contributed by atoms with Gasteiger partial charge < -0.3 is 20.0 Å². The van der Waals surface area contributed by atoms with Crippen molar-refractivity contribution in [2.24, 2.45) is 4.40 Å². The minimum atomic E-state index is -3.76. The predicted octanol–water partition coefficient (Wildman–Crippen LogP) is 3.08. The Kier molecular flexibility index (Phi) is 5.21. The van der Waals surface area contributed by atoms with Gasteiger partial charge in [0.15, 0.2) is 11.6 Å². The normalized spacial score (nSPS) is 18.5. The molecule has 2 aliphatic rings. The van der Waals surface area contributed by atoms with Gasteiger partial charge in [-0.1, -0.05) is 12.1 Å². The SMILES string of the molecule is O=C(Nc1ccc(NC(=O)[C@@H]2CCCN2C2=NS(=O)(=O)c3ccccc32)cc1)c1ccco1. The van der Waals surface area contributed by atoms with E-state index in [0.717, 1.165) is 6.42 Å². The van der Waals surface area contributed by atoms with Crippen LogP contribution in [0.4, 0.5) is 11.4 Å². The molecule has 2 amide bonds. The quantitative estimate of drug-likeness (QED) is 0.612. The van der Waals surface area contributed by atoms with E-state index in [1.165, 1.54) is 12.3 Å². The number of furan rings is 1. The highest BCUT2D eigenvalue weighted by atomic mass is 32.2. The first-order chi connectivity index (χ1) is 15.9. The maximum atomic E-state index is 13.0. The Balaban J connectivity index is 1.29. The Morgan fingerprint density at radius 1 is 0.970 bits per heavy atom. The van der Waals surface area contributed by atoms with Crippen LogP contribution in [0, 0.1) is 0 Å². The molecule has 1 aromatic heterocycles. The van der Waals surface area contributed by atoms with Crippen LogP contribution in [0.3, 0.4) is 0 Å². The van der Waals surface area contributed by atoms with Gasteiger partial charge in [0.1, 0.15) is 10.9 Å². The van der Waals surface area contributed by atoms with Crippen molar-refractivity contribution >= 4 is 39.0 Å². The third kappa shape index (κ3) is 4.00. The highest BCUT2D eigenvalue weighted by Gasteiger charge is 2.39. The van der Waals surface area contributed by atoms with Crippen molar-refractivity contribution < 1.29 is 22.4 Å². The number of amides is 2. The number of fused-ring (bicyclic) bond motifs is 1. The van der Waals surface area contributed by atoms with Crippen LogP contribution in [0.25, 0.3) is 0 Å². The molecule has 0 saturated carbocycles. The molecule has 3 heterocycles. The molecule has 0 aliphatic carbocycles. The fourth-order valence-corrected chi connectivity index (χ4v) is 5.27. The summed E-state index contributed by atoms with van der Waals surface area (Å²) >= 11 is 0. The number of hydrogen-bond acceptors (Lipinski definition) is 6. The van der Waals surface area contributed by atoms with E-state index in [-0.39, 0.29) is 22.5 Å². The molecule has 2 N–H and O–H groups in total. The van der Waals surface area contributed by atoms with Crippen molar-refractivity contribution in [3.05, 3.63) is 78.3 Å². The van der Waals surface area contributed by atoms with Crippen LogP contribution in [0.1, 0.15) is 29.0 Å². The summed E-state index contributed by atoms with van der Waals surface area (Å²) in [7, 11) is -3.76. The largest absolute Gasteiger partial charge is 0.459 e. The van der Waals surface area contributed by atoms with Crippen LogP contribution in [-0.4, -0.2) is 43.6 Å². The number of rotatable bonds is 4. The van der Waals surface area contributed by atoms with Crippen LogP contribution < -0.4 is 10.6 Å². The van der Waals surface area contributed by atoms with Crippen LogP contribution in [0.15, 0.2) is 80.6 Å². The van der Waals surface area contributed by atoms with E-state index in [0.29, 0.717) is 35.7 Å². The fourth-order valence-electron chi connectivity index (χ4n) is 4.05. The number of nitrogens with zero attached hydrogens (tertiary/aromatic N) is 2. The molecule has 1 fully saturated rings. The maximum Gasteiger partial charge on any atom is 0.291 e. The maximum absolute atomic E-state index is 13.0. The summed E-state index contributed by atoms with van der Waals surface area (Å²) in [4.78, 5) is 27.0. The molecular weight excluding hydrogens is 444 g/mol. The number of sulfonamides is 1. The second-order valence-corrected chi connectivity index (χ2v) is 9.31. The lowest BCUT2D eigenvalue weighted by Gasteiger charge is -2.25. The third-order valence-electron chi connectivity index (χ3n) is 5.60. The third-order valence-corrected chi connectivity index (χ3v) is 6.92. The molecule has 1 atom stereocenters. The van der Waals surface area contributed by atoms with E-state index in [9.17, 15) is 18.0 Å². The lowest BCUT2D eigenvalue weighted by atomic mass is 10.1. The summed E-state index contributed by atoms with van der Waals surface area (Å²) in [6, 6.07) is 16.0. The van der Waals surface area contributed by atoms with Crippen LogP contribution in [0.5, 0.6) is 0 Å². The first kappa shape index (κ1) is 21.0. The van der Waals surface area contributed by atoms with Gasteiger partial charge in [-0.25, -0.2) is 0 Å². The summed E-state index contributed by atoms with van der Waals surface area (Å²) < 4.78 is 33.9. The van der Waals surface area contributed by atoms with Crippen molar-refractivity contribution in [3.8, 4) is 0 Å². The van der Waals surface area contributed by atoms with Gasteiger partial charge in [-0.2, -0.15) is 8.42 Å². The van der Waals surface area contributed by atoms with E-state index in [1.807, 2.05) is 0 Å². The van der Waals surface area contributed by atoms with Gasteiger partial charge in [0.05, 0.1) is 6.26 Å². The highest BCUT2D eigenvalue weighted by molar-refractivity contribution is 7.90. The number of likely N-dealkylation sites (tertiary alicyclic amines) is 1. The molecular formula is C23H20N4O5S. The Morgan fingerprint density at radius 2 is 1.70 bits per heavy atom. The zero-order valence-corrected chi connectivity index (χ0v) is 18.2. The fraction of sp³-hybridized carbons (Fsp3) is 0.174. The minimum absolute atomic E-state index is 0.165. The molecule has 0 unspecified atom stereocenters. The Morgan fingerprint density at radius 3 is 2.42 bits per heavy atom. The molecule has 2 aromatic carbocycles. The molecule has 33 heavy (non-hydrogen) atoms. The van der Waals surface area contributed by atoms with Gasteiger partial charge in [-0.3, -0.25) is 9.59 Å². The number of anilines is 2. The van der Waals surface area contributed by atoms with Gasteiger partial charge in [0, 0.05) is 23.5 Å². The smallest absolute Gasteiger partial charge is 0.291 e. The first-order valence-corrected chi connectivity index (χ1v) is 11.8. The van der Waals surface area contributed by atoms with Crippen LogP contribution >= 0.6 is 0 Å². The van der Waals surface area contributed by atoms with Gasteiger partial charge in [-0.05, 0) is 61.4 Å². The first-order valence-electron chi connectivity index (χ1n) is 10.4. The summed E-state index contributed by atoms with van der Waals surface area (Å²) in [6.45, 7) is 0.540. The standard InChI is InChI=1S/C23H20N4O5S/c28-22(24-15-9-11-16(12-10-15)25-23(29)19-7-4-14-32-19)18-6-3-13-27(18)21-17-5-1-2-8-20(17)33(30,31)26-21/h1-2,4-5,7-12,14,18H,3,6,13H2,(H,24,28)(H,25,29)/t18-/m0/s1.